The number of aromatic nitrogens is 3. The van der Waals surface area contributed by atoms with Crippen molar-refractivity contribution in [1.29, 1.82) is 0 Å². The lowest BCUT2D eigenvalue weighted by Crippen LogP contribution is -2.38. The Hall–Kier alpha value is -2.26. The van der Waals surface area contributed by atoms with Gasteiger partial charge in [0.05, 0.1) is 22.2 Å². The van der Waals surface area contributed by atoms with Crippen LogP contribution in [-0.2, 0) is 4.74 Å². The molecule has 28 heavy (non-hydrogen) atoms. The number of hydrogen-bond acceptors (Lipinski definition) is 7. The van der Waals surface area contributed by atoms with Gasteiger partial charge in [-0.2, -0.15) is 0 Å². The molecule has 0 bridgehead atoms. The largest absolute Gasteiger partial charge is 0.370 e. The van der Waals surface area contributed by atoms with Gasteiger partial charge in [0.25, 0.3) is 5.91 Å². The summed E-state index contributed by atoms with van der Waals surface area (Å²) in [6.45, 7) is 1.90. The van der Waals surface area contributed by atoms with Crippen LogP contribution in [-0.4, -0.2) is 40.8 Å². The number of anilines is 2. The first-order chi connectivity index (χ1) is 13.6. The zero-order valence-electron chi connectivity index (χ0n) is 14.5. The quantitative estimate of drug-likeness (QED) is 0.664. The van der Waals surface area contributed by atoms with Gasteiger partial charge < -0.3 is 9.64 Å². The van der Waals surface area contributed by atoms with Crippen molar-refractivity contribution in [3.05, 3.63) is 63.2 Å². The van der Waals surface area contributed by atoms with Crippen LogP contribution in [0.3, 0.4) is 0 Å². The Labute approximate surface area is 175 Å². The third-order valence-electron chi connectivity index (χ3n) is 4.30. The minimum absolute atomic E-state index is 0.134. The van der Waals surface area contributed by atoms with Crippen molar-refractivity contribution < 1.29 is 9.53 Å². The smallest absolute Gasteiger partial charge is 0.259 e. The molecule has 1 fully saturated rings. The van der Waals surface area contributed by atoms with Crippen LogP contribution in [0.2, 0.25) is 10.0 Å². The first-order valence-electron chi connectivity index (χ1n) is 8.45. The highest BCUT2D eigenvalue weighted by atomic mass is 35.5. The van der Waals surface area contributed by atoms with Crippen molar-refractivity contribution in [2.24, 2.45) is 0 Å². The number of benzene rings is 1. The van der Waals surface area contributed by atoms with E-state index in [1.807, 2.05) is 18.2 Å². The molecule has 10 heteroatoms. The molecule has 3 aromatic rings. The molecule has 1 aliphatic heterocycles. The van der Waals surface area contributed by atoms with Crippen molar-refractivity contribution in [2.75, 3.05) is 29.9 Å². The van der Waals surface area contributed by atoms with Gasteiger partial charge in [-0.15, -0.1) is 10.2 Å². The van der Waals surface area contributed by atoms with Crippen molar-refractivity contribution >= 4 is 51.4 Å². The molecular formula is C18H15Cl2N5O2S. The number of pyridine rings is 1. The monoisotopic (exact) mass is 435 g/mol. The van der Waals surface area contributed by atoms with Gasteiger partial charge in [-0.1, -0.05) is 40.6 Å². The number of hydrogen-bond donors (Lipinski definition) is 1. The van der Waals surface area contributed by atoms with E-state index in [-0.39, 0.29) is 12.0 Å². The van der Waals surface area contributed by atoms with E-state index in [1.165, 1.54) is 11.3 Å². The van der Waals surface area contributed by atoms with Crippen LogP contribution in [0.1, 0.15) is 22.0 Å². The molecule has 3 heterocycles. The molecule has 0 aliphatic carbocycles. The summed E-state index contributed by atoms with van der Waals surface area (Å²) >= 11 is 13.4. The number of ether oxygens (including phenoxy) is 1. The van der Waals surface area contributed by atoms with Crippen molar-refractivity contribution in [3.8, 4) is 0 Å². The Bertz CT molecular complexity index is 969. The molecule has 0 saturated carbocycles. The highest BCUT2D eigenvalue weighted by Crippen LogP contribution is 2.30. The predicted octanol–water partition coefficient (Wildman–Crippen LogP) is 4.07. The van der Waals surface area contributed by atoms with Crippen LogP contribution >= 0.6 is 34.5 Å². The highest BCUT2D eigenvalue weighted by Gasteiger charge is 2.23. The fraction of sp³-hybridized carbons (Fsp3) is 0.222. The summed E-state index contributed by atoms with van der Waals surface area (Å²) in [6, 6.07) is 9.07. The van der Waals surface area contributed by atoms with Crippen molar-refractivity contribution in [3.63, 3.8) is 0 Å². The first-order valence-corrected chi connectivity index (χ1v) is 10.1. The molecule has 4 rings (SSSR count). The van der Waals surface area contributed by atoms with Crippen LogP contribution in [0.15, 0.2) is 42.0 Å². The molecule has 144 valence electrons. The topological polar surface area (TPSA) is 80.2 Å². The van der Waals surface area contributed by atoms with Gasteiger partial charge in [0.1, 0.15) is 17.4 Å². The van der Waals surface area contributed by atoms with Crippen LogP contribution in [0, 0.1) is 0 Å². The lowest BCUT2D eigenvalue weighted by Gasteiger charge is -2.34. The molecule has 1 amide bonds. The molecule has 1 saturated heterocycles. The zero-order valence-corrected chi connectivity index (χ0v) is 16.8. The van der Waals surface area contributed by atoms with E-state index in [0.717, 1.165) is 11.4 Å². The predicted molar refractivity (Wildman–Crippen MR) is 109 cm³/mol. The second-order valence-corrected chi connectivity index (χ2v) is 7.73. The number of carbonyl (C=O) groups is 1. The maximum atomic E-state index is 12.2. The average molecular weight is 436 g/mol. The van der Waals surface area contributed by atoms with Gasteiger partial charge in [0.2, 0.25) is 5.13 Å². The molecule has 1 unspecified atom stereocenters. The Balaban J connectivity index is 1.44. The summed E-state index contributed by atoms with van der Waals surface area (Å²) in [4.78, 5) is 18.8. The molecule has 2 aromatic heterocycles. The standard InChI is InChI=1S/C18H15Cl2N5O2S/c19-13-3-1-11(7-14(13)20)15-9-25(5-6-27-15)16-4-2-12(8-21-16)17(26)23-18-24-22-10-28-18/h1-4,7-8,10,15H,5-6,9H2,(H,23,24,26). The number of rotatable bonds is 4. The third-order valence-corrected chi connectivity index (χ3v) is 5.64. The first kappa shape index (κ1) is 19.1. The normalized spacial score (nSPS) is 16.8. The lowest BCUT2D eigenvalue weighted by molar-refractivity contribution is 0.0395. The molecule has 0 radical (unpaired) electrons. The zero-order chi connectivity index (χ0) is 19.5. The second kappa shape index (κ2) is 8.40. The minimum Gasteiger partial charge on any atom is -0.370 e. The number of amides is 1. The number of halogens is 2. The second-order valence-electron chi connectivity index (χ2n) is 6.08. The molecule has 1 aliphatic rings. The van der Waals surface area contributed by atoms with Crippen LogP contribution in [0.5, 0.6) is 0 Å². The van der Waals surface area contributed by atoms with Crippen LogP contribution in [0.4, 0.5) is 10.9 Å². The number of nitrogens with zero attached hydrogens (tertiary/aromatic N) is 4. The number of morpholine rings is 1. The summed E-state index contributed by atoms with van der Waals surface area (Å²) in [5.74, 6) is 0.507. The fourth-order valence-electron chi connectivity index (χ4n) is 2.88. The summed E-state index contributed by atoms with van der Waals surface area (Å²) in [6.07, 6.45) is 1.42. The molecule has 1 N–H and O–H groups in total. The summed E-state index contributed by atoms with van der Waals surface area (Å²) in [7, 11) is 0. The maximum absolute atomic E-state index is 12.2. The summed E-state index contributed by atoms with van der Waals surface area (Å²) < 4.78 is 5.88. The number of nitrogens with one attached hydrogen (secondary N) is 1. The number of carbonyl (C=O) groups excluding carboxylic acids is 1. The average Bonchev–Trinajstić information content (AvgIpc) is 3.23. The Morgan fingerprint density at radius 1 is 1.25 bits per heavy atom. The fourth-order valence-corrected chi connectivity index (χ4v) is 3.62. The van der Waals surface area contributed by atoms with Gasteiger partial charge in [-0.3, -0.25) is 10.1 Å². The van der Waals surface area contributed by atoms with Crippen molar-refractivity contribution in [2.45, 2.75) is 6.10 Å². The molecule has 1 atom stereocenters. The van der Waals surface area contributed by atoms with Crippen LogP contribution < -0.4 is 10.2 Å². The highest BCUT2D eigenvalue weighted by molar-refractivity contribution is 7.13. The Morgan fingerprint density at radius 2 is 2.14 bits per heavy atom. The van der Waals surface area contributed by atoms with Gasteiger partial charge in [-0.25, -0.2) is 4.98 Å². The van der Waals surface area contributed by atoms with Gasteiger partial charge in [0, 0.05) is 19.3 Å². The Morgan fingerprint density at radius 3 is 2.86 bits per heavy atom. The maximum Gasteiger partial charge on any atom is 0.259 e. The van der Waals surface area contributed by atoms with E-state index in [2.05, 4.69) is 25.4 Å². The third kappa shape index (κ3) is 4.25. The van der Waals surface area contributed by atoms with Gasteiger partial charge in [0.15, 0.2) is 0 Å². The minimum atomic E-state index is -0.272. The molecule has 7 nitrogen and oxygen atoms in total. The van der Waals surface area contributed by atoms with E-state index in [4.69, 9.17) is 27.9 Å². The SMILES string of the molecule is O=C(Nc1nncs1)c1ccc(N2CCOC(c3ccc(Cl)c(Cl)c3)C2)nc1. The van der Waals surface area contributed by atoms with E-state index in [1.54, 1.807) is 23.8 Å². The molecule has 0 spiro atoms. The lowest BCUT2D eigenvalue weighted by atomic mass is 10.1. The van der Waals surface area contributed by atoms with Crippen LogP contribution in [0.25, 0.3) is 0 Å². The summed E-state index contributed by atoms with van der Waals surface area (Å²) in [5.41, 5.74) is 2.97. The van der Waals surface area contributed by atoms with Gasteiger partial charge >= 0.3 is 0 Å². The molecule has 1 aromatic carbocycles. The van der Waals surface area contributed by atoms with E-state index in [0.29, 0.717) is 40.4 Å². The van der Waals surface area contributed by atoms with Gasteiger partial charge in [-0.05, 0) is 29.8 Å². The van der Waals surface area contributed by atoms with E-state index < -0.39 is 0 Å². The Kier molecular flexibility index (Phi) is 5.72. The van der Waals surface area contributed by atoms with E-state index in [9.17, 15) is 4.79 Å². The molecular weight excluding hydrogens is 421 g/mol. The summed E-state index contributed by atoms with van der Waals surface area (Å²) in [5, 5.41) is 11.6. The van der Waals surface area contributed by atoms with E-state index >= 15 is 0 Å². The van der Waals surface area contributed by atoms with Crippen molar-refractivity contribution in [1.82, 2.24) is 15.2 Å².